The molecule has 0 spiro atoms. The predicted molar refractivity (Wildman–Crippen MR) is 68.7 cm³/mol. The third kappa shape index (κ3) is 1.71. The van der Waals surface area contributed by atoms with Gasteiger partial charge in [-0.05, 0) is 32.9 Å². The van der Waals surface area contributed by atoms with Crippen molar-refractivity contribution in [2.45, 2.75) is 20.8 Å². The van der Waals surface area contributed by atoms with Crippen LogP contribution >= 0.6 is 11.3 Å². The van der Waals surface area contributed by atoms with E-state index in [0.717, 1.165) is 26.3 Å². The molecular weight excluding hydrogens is 220 g/mol. The molecule has 84 valence electrons. The number of aryl methyl sites for hydroxylation is 2. The first-order valence-electron chi connectivity index (χ1n) is 5.31. The van der Waals surface area contributed by atoms with Crippen molar-refractivity contribution in [3.8, 4) is 5.75 Å². The van der Waals surface area contributed by atoms with Gasteiger partial charge in [-0.25, -0.2) is 0 Å². The average Bonchev–Trinajstić information content (AvgIpc) is 2.42. The zero-order valence-corrected chi connectivity index (χ0v) is 10.5. The van der Waals surface area contributed by atoms with Gasteiger partial charge in [-0.2, -0.15) is 0 Å². The molecule has 1 aromatic carbocycles. The fourth-order valence-electron chi connectivity index (χ4n) is 1.94. The first kappa shape index (κ1) is 11.1. The highest BCUT2D eigenvalue weighted by molar-refractivity contribution is 7.13. The van der Waals surface area contributed by atoms with Gasteiger partial charge in [0.25, 0.3) is 0 Å². The topological polar surface area (TPSA) is 26.3 Å². The van der Waals surface area contributed by atoms with E-state index in [0.29, 0.717) is 6.61 Å². The van der Waals surface area contributed by atoms with Crippen LogP contribution in [0.15, 0.2) is 23.0 Å². The number of fused-ring (bicyclic) bond motifs is 1. The molecule has 1 aromatic heterocycles. The van der Waals surface area contributed by atoms with Gasteiger partial charge in [0, 0.05) is 20.5 Å². The van der Waals surface area contributed by atoms with Gasteiger partial charge in [-0.1, -0.05) is 6.07 Å². The Morgan fingerprint density at radius 3 is 2.56 bits per heavy atom. The molecule has 0 saturated carbocycles. The largest absolute Gasteiger partial charge is 0.493 e. The second-order valence-electron chi connectivity index (χ2n) is 3.65. The smallest absolute Gasteiger partial charge is 0.187 e. The van der Waals surface area contributed by atoms with E-state index in [1.54, 1.807) is 23.5 Å². The molecule has 0 aliphatic rings. The Labute approximate surface area is 98.5 Å². The van der Waals surface area contributed by atoms with Crippen LogP contribution in [0.25, 0.3) is 10.8 Å². The van der Waals surface area contributed by atoms with Gasteiger partial charge in [0.1, 0.15) is 5.75 Å². The number of thiophene rings is 1. The van der Waals surface area contributed by atoms with Crippen molar-refractivity contribution in [1.29, 1.82) is 0 Å². The van der Waals surface area contributed by atoms with E-state index in [4.69, 9.17) is 4.74 Å². The van der Waals surface area contributed by atoms with Crippen LogP contribution in [0, 0.1) is 13.8 Å². The fraction of sp³-hybridized carbons (Fsp3) is 0.308. The molecule has 0 amide bonds. The third-order valence-corrected chi connectivity index (χ3v) is 3.57. The van der Waals surface area contributed by atoms with Crippen LogP contribution in [0.4, 0.5) is 0 Å². The Morgan fingerprint density at radius 2 is 1.88 bits per heavy atom. The summed E-state index contributed by atoms with van der Waals surface area (Å²) in [5.41, 5.74) is 0.0720. The van der Waals surface area contributed by atoms with Gasteiger partial charge in [0.2, 0.25) is 0 Å². The van der Waals surface area contributed by atoms with Crippen LogP contribution in [0.1, 0.15) is 16.7 Å². The predicted octanol–water partition coefficient (Wildman–Crippen LogP) is 3.28. The molecule has 0 aliphatic heterocycles. The monoisotopic (exact) mass is 234 g/mol. The lowest BCUT2D eigenvalue weighted by atomic mass is 10.2. The lowest BCUT2D eigenvalue weighted by Crippen LogP contribution is -1.95. The number of hydrogen-bond acceptors (Lipinski definition) is 3. The molecule has 0 N–H and O–H groups in total. The molecule has 0 radical (unpaired) electrons. The molecule has 2 aromatic rings. The summed E-state index contributed by atoms with van der Waals surface area (Å²) in [4.78, 5) is 14.1. The van der Waals surface area contributed by atoms with Crippen LogP contribution in [0.3, 0.4) is 0 Å². The zero-order valence-electron chi connectivity index (χ0n) is 9.66. The summed E-state index contributed by atoms with van der Waals surface area (Å²) >= 11 is 1.65. The molecule has 0 aliphatic carbocycles. The van der Waals surface area contributed by atoms with Gasteiger partial charge in [0.05, 0.1) is 6.61 Å². The zero-order chi connectivity index (χ0) is 11.7. The molecule has 0 saturated heterocycles. The van der Waals surface area contributed by atoms with Crippen molar-refractivity contribution < 1.29 is 4.74 Å². The van der Waals surface area contributed by atoms with E-state index in [9.17, 15) is 4.79 Å². The molecule has 16 heavy (non-hydrogen) atoms. The molecule has 1 heterocycles. The van der Waals surface area contributed by atoms with E-state index in [2.05, 4.69) is 0 Å². The normalized spacial score (nSPS) is 10.7. The molecule has 0 unspecified atom stereocenters. The average molecular weight is 234 g/mol. The molecule has 3 heteroatoms. The number of rotatable bonds is 2. The summed E-state index contributed by atoms with van der Waals surface area (Å²) < 4.78 is 5.60. The Morgan fingerprint density at radius 1 is 1.19 bits per heavy atom. The van der Waals surface area contributed by atoms with E-state index in [1.165, 1.54) is 0 Å². The van der Waals surface area contributed by atoms with Crippen LogP contribution in [0.5, 0.6) is 5.75 Å². The highest BCUT2D eigenvalue weighted by Gasteiger charge is 2.11. The lowest BCUT2D eigenvalue weighted by molar-refractivity contribution is 0.344. The van der Waals surface area contributed by atoms with Crippen molar-refractivity contribution in [3.05, 3.63) is 38.2 Å². The van der Waals surface area contributed by atoms with E-state index in [1.807, 2.05) is 26.8 Å². The van der Waals surface area contributed by atoms with Crippen molar-refractivity contribution >= 4 is 22.1 Å². The fourth-order valence-corrected chi connectivity index (χ4v) is 3.01. The van der Waals surface area contributed by atoms with Gasteiger partial charge in [-0.3, -0.25) is 4.79 Å². The van der Waals surface area contributed by atoms with Crippen LogP contribution < -0.4 is 10.2 Å². The Bertz CT molecular complexity index is 584. The maximum Gasteiger partial charge on any atom is 0.187 e. The summed E-state index contributed by atoms with van der Waals surface area (Å²) in [5, 5.41) is 1.77. The minimum Gasteiger partial charge on any atom is -0.493 e. The molecule has 0 fully saturated rings. The summed E-state index contributed by atoms with van der Waals surface area (Å²) in [6.07, 6.45) is 0. The van der Waals surface area contributed by atoms with Crippen molar-refractivity contribution in [2.75, 3.05) is 6.61 Å². The third-order valence-electron chi connectivity index (χ3n) is 2.55. The maximum atomic E-state index is 11.9. The Kier molecular flexibility index (Phi) is 2.97. The molecule has 0 atom stereocenters. The minimum absolute atomic E-state index is 0.0720. The minimum atomic E-state index is 0.0720. The summed E-state index contributed by atoms with van der Waals surface area (Å²) in [7, 11) is 0. The van der Waals surface area contributed by atoms with Crippen LogP contribution in [0.2, 0.25) is 0 Å². The van der Waals surface area contributed by atoms with Crippen molar-refractivity contribution in [2.24, 2.45) is 0 Å². The number of ether oxygens (including phenoxy) is 1. The molecule has 2 nitrogen and oxygen atoms in total. The standard InChI is InChI=1S/C13H14O2S/c1-4-15-11-7-5-6-10(14)12-8(2)16-9(3)13(11)12/h5-7H,4H2,1-3H3. The van der Waals surface area contributed by atoms with Gasteiger partial charge in [0.15, 0.2) is 5.43 Å². The number of hydrogen-bond donors (Lipinski definition) is 0. The van der Waals surface area contributed by atoms with Gasteiger partial charge >= 0.3 is 0 Å². The highest BCUT2D eigenvalue weighted by atomic mass is 32.1. The van der Waals surface area contributed by atoms with Crippen LogP contribution in [-0.2, 0) is 0 Å². The summed E-state index contributed by atoms with van der Waals surface area (Å²) in [6.45, 7) is 6.58. The SMILES string of the molecule is CCOc1cccc(=O)c2c(C)sc(C)c12. The second kappa shape index (κ2) is 4.26. The van der Waals surface area contributed by atoms with Gasteiger partial charge in [-0.15, -0.1) is 11.3 Å². The molecule has 2 rings (SSSR count). The van der Waals surface area contributed by atoms with Crippen molar-refractivity contribution in [3.63, 3.8) is 0 Å². The van der Waals surface area contributed by atoms with Crippen LogP contribution in [-0.4, -0.2) is 6.61 Å². The first-order valence-corrected chi connectivity index (χ1v) is 6.12. The van der Waals surface area contributed by atoms with E-state index < -0.39 is 0 Å². The van der Waals surface area contributed by atoms with E-state index >= 15 is 0 Å². The molecular formula is C13H14O2S. The Hall–Kier alpha value is -1.35. The highest BCUT2D eigenvalue weighted by Crippen LogP contribution is 2.33. The van der Waals surface area contributed by atoms with Gasteiger partial charge < -0.3 is 4.74 Å². The second-order valence-corrected chi connectivity index (χ2v) is 5.08. The maximum absolute atomic E-state index is 11.9. The summed E-state index contributed by atoms with van der Waals surface area (Å²) in [6, 6.07) is 5.23. The summed E-state index contributed by atoms with van der Waals surface area (Å²) in [5.74, 6) is 0.807. The first-order chi connectivity index (χ1) is 7.65. The van der Waals surface area contributed by atoms with E-state index in [-0.39, 0.29) is 5.43 Å². The lowest BCUT2D eigenvalue weighted by Gasteiger charge is -2.01. The molecule has 0 bridgehead atoms. The Balaban J connectivity index is 2.95. The van der Waals surface area contributed by atoms with Crippen molar-refractivity contribution in [1.82, 2.24) is 0 Å². The quantitative estimate of drug-likeness (QED) is 0.797.